The van der Waals surface area contributed by atoms with Gasteiger partial charge in [0, 0.05) is 26.2 Å². The van der Waals surface area contributed by atoms with Crippen LogP contribution in [0.25, 0.3) is 0 Å². The number of hydrogen-bond donors (Lipinski definition) is 0. The largest absolute Gasteiger partial charge is 0.378 e. The molecule has 4 heteroatoms. The van der Waals surface area contributed by atoms with Crippen molar-refractivity contribution in [2.75, 3.05) is 49.2 Å². The first-order chi connectivity index (χ1) is 8.93. The Kier molecular flexibility index (Phi) is 3.64. The van der Waals surface area contributed by atoms with Crippen LogP contribution in [-0.4, -0.2) is 44.4 Å². The summed E-state index contributed by atoms with van der Waals surface area (Å²) >= 11 is 0. The zero-order chi connectivity index (χ0) is 12.2. The molecule has 3 heterocycles. The standard InChI is InChI=1S/C14H21N3O/c1-2-7-16(8-3-1)13-5-4-6-14(15-13)17-9-11-18-12-10-17/h4-6H,1-3,7-12H2. The van der Waals surface area contributed by atoms with Crippen molar-refractivity contribution in [3.05, 3.63) is 18.2 Å². The molecule has 4 nitrogen and oxygen atoms in total. The Labute approximate surface area is 109 Å². The van der Waals surface area contributed by atoms with Crippen molar-refractivity contribution in [2.24, 2.45) is 0 Å². The average Bonchev–Trinajstić information content (AvgIpc) is 2.49. The first-order valence-corrected chi connectivity index (χ1v) is 6.98. The fraction of sp³-hybridized carbons (Fsp3) is 0.643. The summed E-state index contributed by atoms with van der Waals surface area (Å²) in [6.45, 7) is 5.84. The van der Waals surface area contributed by atoms with Gasteiger partial charge in [-0.1, -0.05) is 6.07 Å². The van der Waals surface area contributed by atoms with Crippen LogP contribution in [-0.2, 0) is 4.74 Å². The van der Waals surface area contributed by atoms with E-state index in [9.17, 15) is 0 Å². The fourth-order valence-corrected chi connectivity index (χ4v) is 2.68. The molecule has 0 amide bonds. The molecule has 3 rings (SSSR count). The van der Waals surface area contributed by atoms with Crippen LogP contribution in [0.5, 0.6) is 0 Å². The zero-order valence-electron chi connectivity index (χ0n) is 10.8. The van der Waals surface area contributed by atoms with Gasteiger partial charge in [-0.25, -0.2) is 4.98 Å². The molecule has 0 spiro atoms. The highest BCUT2D eigenvalue weighted by atomic mass is 16.5. The maximum atomic E-state index is 5.39. The topological polar surface area (TPSA) is 28.6 Å². The van der Waals surface area contributed by atoms with Crippen molar-refractivity contribution in [3.63, 3.8) is 0 Å². The van der Waals surface area contributed by atoms with Crippen LogP contribution < -0.4 is 9.80 Å². The summed E-state index contributed by atoms with van der Waals surface area (Å²) in [5.41, 5.74) is 0. The summed E-state index contributed by atoms with van der Waals surface area (Å²) in [7, 11) is 0. The number of pyridine rings is 1. The molecule has 1 aromatic heterocycles. The molecule has 2 aliphatic heterocycles. The van der Waals surface area contributed by atoms with Gasteiger partial charge < -0.3 is 14.5 Å². The number of morpholine rings is 1. The molecule has 0 atom stereocenters. The number of piperidine rings is 1. The van der Waals surface area contributed by atoms with Crippen LogP contribution in [0.2, 0.25) is 0 Å². The Morgan fingerprint density at radius 1 is 0.833 bits per heavy atom. The lowest BCUT2D eigenvalue weighted by atomic mass is 10.1. The van der Waals surface area contributed by atoms with Crippen molar-refractivity contribution in [3.8, 4) is 0 Å². The summed E-state index contributed by atoms with van der Waals surface area (Å²) in [4.78, 5) is 9.54. The van der Waals surface area contributed by atoms with E-state index >= 15 is 0 Å². The van der Waals surface area contributed by atoms with E-state index in [1.807, 2.05) is 0 Å². The van der Waals surface area contributed by atoms with Crippen molar-refractivity contribution in [2.45, 2.75) is 19.3 Å². The van der Waals surface area contributed by atoms with Gasteiger partial charge in [0.1, 0.15) is 11.6 Å². The van der Waals surface area contributed by atoms with Crippen LogP contribution in [0.3, 0.4) is 0 Å². The maximum absolute atomic E-state index is 5.39. The van der Waals surface area contributed by atoms with E-state index in [2.05, 4.69) is 28.0 Å². The minimum Gasteiger partial charge on any atom is -0.378 e. The molecule has 2 fully saturated rings. The minimum absolute atomic E-state index is 0.815. The Bertz CT molecular complexity index is 351. The first kappa shape index (κ1) is 11.8. The summed E-state index contributed by atoms with van der Waals surface area (Å²) in [5.74, 6) is 2.24. The highest BCUT2D eigenvalue weighted by Gasteiger charge is 2.15. The lowest BCUT2D eigenvalue weighted by molar-refractivity contribution is 0.122. The highest BCUT2D eigenvalue weighted by molar-refractivity contribution is 5.49. The molecule has 18 heavy (non-hydrogen) atoms. The van der Waals surface area contributed by atoms with Gasteiger partial charge in [0.15, 0.2) is 0 Å². The predicted molar refractivity (Wildman–Crippen MR) is 73.3 cm³/mol. The van der Waals surface area contributed by atoms with E-state index in [0.29, 0.717) is 0 Å². The fourth-order valence-electron chi connectivity index (χ4n) is 2.68. The summed E-state index contributed by atoms with van der Waals surface area (Å²) in [5, 5.41) is 0. The molecule has 0 aliphatic carbocycles. The monoisotopic (exact) mass is 247 g/mol. The summed E-state index contributed by atoms with van der Waals surface area (Å²) < 4.78 is 5.39. The lowest BCUT2D eigenvalue weighted by Gasteiger charge is -2.31. The van der Waals surface area contributed by atoms with Gasteiger partial charge in [-0.3, -0.25) is 0 Å². The maximum Gasteiger partial charge on any atom is 0.131 e. The second-order valence-electron chi connectivity index (χ2n) is 5.00. The molecular formula is C14H21N3O. The lowest BCUT2D eigenvalue weighted by Crippen LogP contribution is -2.37. The molecule has 0 radical (unpaired) electrons. The molecular weight excluding hydrogens is 226 g/mol. The van der Waals surface area contributed by atoms with Crippen molar-refractivity contribution < 1.29 is 4.74 Å². The normalized spacial score (nSPS) is 21.1. The van der Waals surface area contributed by atoms with Crippen molar-refractivity contribution in [1.82, 2.24) is 4.98 Å². The molecule has 98 valence electrons. The number of ether oxygens (including phenoxy) is 1. The molecule has 2 saturated heterocycles. The van der Waals surface area contributed by atoms with Crippen molar-refractivity contribution in [1.29, 1.82) is 0 Å². The SMILES string of the molecule is c1cc(N2CCCCC2)nc(N2CCOCC2)c1. The third-order valence-electron chi connectivity index (χ3n) is 3.73. The minimum atomic E-state index is 0.815. The quantitative estimate of drug-likeness (QED) is 0.798. The first-order valence-electron chi connectivity index (χ1n) is 6.98. The van der Waals surface area contributed by atoms with Crippen LogP contribution >= 0.6 is 0 Å². The van der Waals surface area contributed by atoms with E-state index in [-0.39, 0.29) is 0 Å². The van der Waals surface area contributed by atoms with E-state index in [1.54, 1.807) is 0 Å². The van der Waals surface area contributed by atoms with Gasteiger partial charge in [-0.2, -0.15) is 0 Å². The van der Waals surface area contributed by atoms with Crippen LogP contribution in [0.1, 0.15) is 19.3 Å². The van der Waals surface area contributed by atoms with E-state index in [0.717, 1.165) is 51.0 Å². The second kappa shape index (κ2) is 5.57. The number of aromatic nitrogens is 1. The van der Waals surface area contributed by atoms with E-state index < -0.39 is 0 Å². The van der Waals surface area contributed by atoms with Gasteiger partial charge >= 0.3 is 0 Å². The highest BCUT2D eigenvalue weighted by Crippen LogP contribution is 2.21. The Morgan fingerprint density at radius 2 is 1.44 bits per heavy atom. The van der Waals surface area contributed by atoms with Gasteiger partial charge in [-0.05, 0) is 31.4 Å². The number of rotatable bonds is 2. The third kappa shape index (κ3) is 2.58. The second-order valence-corrected chi connectivity index (χ2v) is 5.00. The number of anilines is 2. The number of nitrogens with zero attached hydrogens (tertiary/aromatic N) is 3. The van der Waals surface area contributed by atoms with E-state index in [1.165, 1.54) is 19.3 Å². The Hall–Kier alpha value is -1.29. The smallest absolute Gasteiger partial charge is 0.131 e. The van der Waals surface area contributed by atoms with E-state index in [4.69, 9.17) is 9.72 Å². The van der Waals surface area contributed by atoms with Gasteiger partial charge in [0.25, 0.3) is 0 Å². The number of hydrogen-bond acceptors (Lipinski definition) is 4. The predicted octanol–water partition coefficient (Wildman–Crippen LogP) is 1.91. The molecule has 1 aromatic rings. The molecule has 2 aliphatic rings. The van der Waals surface area contributed by atoms with Gasteiger partial charge in [0.05, 0.1) is 13.2 Å². The third-order valence-corrected chi connectivity index (χ3v) is 3.73. The Balaban J connectivity index is 1.75. The molecule has 0 aromatic carbocycles. The van der Waals surface area contributed by atoms with Crippen molar-refractivity contribution >= 4 is 11.6 Å². The zero-order valence-corrected chi connectivity index (χ0v) is 10.8. The van der Waals surface area contributed by atoms with Gasteiger partial charge in [-0.15, -0.1) is 0 Å². The summed E-state index contributed by atoms with van der Waals surface area (Å²) in [6, 6.07) is 6.37. The Morgan fingerprint density at radius 3 is 2.11 bits per heavy atom. The van der Waals surface area contributed by atoms with Crippen LogP contribution in [0.15, 0.2) is 18.2 Å². The molecule has 0 N–H and O–H groups in total. The molecule has 0 unspecified atom stereocenters. The van der Waals surface area contributed by atoms with Crippen LogP contribution in [0.4, 0.5) is 11.6 Å². The van der Waals surface area contributed by atoms with Gasteiger partial charge in [0.2, 0.25) is 0 Å². The summed E-state index contributed by atoms with van der Waals surface area (Å²) in [6.07, 6.45) is 3.95. The molecule has 0 saturated carbocycles. The molecule has 0 bridgehead atoms. The van der Waals surface area contributed by atoms with Crippen LogP contribution in [0, 0.1) is 0 Å². The average molecular weight is 247 g/mol.